The molecule has 43 heavy (non-hydrogen) atoms. The lowest BCUT2D eigenvalue weighted by Gasteiger charge is -2.39. The number of Topliss-reactive ketones (excluding diaryl/α,β-unsaturated/α-hetero) is 1. The second kappa shape index (κ2) is 14.6. The summed E-state index contributed by atoms with van der Waals surface area (Å²) in [6.07, 6.45) is 11.4. The van der Waals surface area contributed by atoms with Gasteiger partial charge in [-0.1, -0.05) is 30.7 Å². The van der Waals surface area contributed by atoms with Gasteiger partial charge in [0.05, 0.1) is 31.0 Å². The van der Waals surface area contributed by atoms with E-state index in [2.05, 4.69) is 18.3 Å². The number of rotatable bonds is 12. The first-order valence-corrected chi connectivity index (χ1v) is 15.7. The predicted octanol–water partition coefficient (Wildman–Crippen LogP) is 3.06. The molecular formula is C33H50N2O8. The zero-order valence-corrected chi connectivity index (χ0v) is 26.2. The lowest BCUT2D eigenvalue weighted by atomic mass is 9.77. The largest absolute Gasteiger partial charge is 0.459 e. The minimum Gasteiger partial charge on any atom is -0.459 e. The smallest absolute Gasteiger partial charge is 0.303 e. The molecule has 1 aliphatic carbocycles. The van der Waals surface area contributed by atoms with Crippen LogP contribution >= 0.6 is 0 Å². The molecule has 1 saturated carbocycles. The number of allylic oxidation sites excluding steroid dienone is 2. The van der Waals surface area contributed by atoms with E-state index in [1.165, 1.54) is 13.0 Å². The quantitative estimate of drug-likeness (QED) is 0.133. The van der Waals surface area contributed by atoms with Gasteiger partial charge in [-0.2, -0.15) is 0 Å². The Labute approximate surface area is 255 Å². The van der Waals surface area contributed by atoms with E-state index in [4.69, 9.17) is 24.7 Å². The summed E-state index contributed by atoms with van der Waals surface area (Å²) in [5, 5.41) is 13.9. The van der Waals surface area contributed by atoms with Gasteiger partial charge < -0.3 is 35.1 Å². The molecule has 3 saturated heterocycles. The highest BCUT2D eigenvalue weighted by Gasteiger charge is 2.58. The van der Waals surface area contributed by atoms with E-state index in [0.29, 0.717) is 38.2 Å². The van der Waals surface area contributed by atoms with Crippen LogP contribution in [0.25, 0.3) is 0 Å². The molecule has 0 radical (unpaired) electrons. The van der Waals surface area contributed by atoms with Gasteiger partial charge in [-0.15, -0.1) is 0 Å². The fourth-order valence-corrected chi connectivity index (χ4v) is 6.50. The summed E-state index contributed by atoms with van der Waals surface area (Å²) in [5.74, 6) is 0.167. The number of aliphatic hydroxyl groups is 1. The number of ether oxygens (including phenoxy) is 4. The third kappa shape index (κ3) is 9.56. The molecule has 3 heterocycles. The van der Waals surface area contributed by atoms with Crippen LogP contribution in [0.4, 0.5) is 0 Å². The Kier molecular flexibility index (Phi) is 11.4. The van der Waals surface area contributed by atoms with E-state index in [0.717, 1.165) is 24.8 Å². The van der Waals surface area contributed by atoms with E-state index in [9.17, 15) is 19.5 Å². The van der Waals surface area contributed by atoms with Crippen LogP contribution in [-0.2, 0) is 33.3 Å². The Morgan fingerprint density at radius 3 is 2.49 bits per heavy atom. The highest BCUT2D eigenvalue weighted by Crippen LogP contribution is 2.44. The van der Waals surface area contributed by atoms with Crippen LogP contribution < -0.4 is 11.1 Å². The molecule has 0 aromatic rings. The fourth-order valence-electron chi connectivity index (χ4n) is 6.50. The van der Waals surface area contributed by atoms with Crippen LogP contribution in [0.2, 0.25) is 0 Å². The maximum Gasteiger partial charge on any atom is 0.303 e. The minimum atomic E-state index is -0.776. The lowest BCUT2D eigenvalue weighted by molar-refractivity contribution is -0.145. The van der Waals surface area contributed by atoms with Crippen LogP contribution in [-0.4, -0.2) is 83.7 Å². The number of nitrogens with one attached hydrogen (secondary N) is 1. The van der Waals surface area contributed by atoms with Crippen LogP contribution in [0.15, 0.2) is 36.0 Å². The number of aliphatic hydroxyl groups excluding tert-OH is 1. The second-order valence-corrected chi connectivity index (χ2v) is 13.2. The van der Waals surface area contributed by atoms with E-state index in [1.807, 2.05) is 26.0 Å². The zero-order chi connectivity index (χ0) is 31.3. The van der Waals surface area contributed by atoms with Gasteiger partial charge in [0.15, 0.2) is 0 Å². The Morgan fingerprint density at radius 2 is 1.84 bits per heavy atom. The standard InChI is InChI=1S/C33H50N2O8/c1-19(6-9-29-20(2)12-28(22(4)42-29)35-31(38)11-8-21(3)41-23(5)36)7-10-30-32(39)33(18-40-33)17-27(43-30)16-26(37)15-24-13-25(34)14-24/h6-8,10-11,20-22,24-25,27-30,32,39H,9,12-18,34H2,1-5H3,(H,35,38)/b10-7+,11-8-,19-6+/t20-,21-,22+,24?,25?,27+,28+,29-,30+,32+,33+/m0/s1. The van der Waals surface area contributed by atoms with Crippen LogP contribution in [0.5, 0.6) is 0 Å². The predicted molar refractivity (Wildman–Crippen MR) is 161 cm³/mol. The molecule has 10 nitrogen and oxygen atoms in total. The SMILES string of the molecule is CC(=O)O[C@@H](C)/C=C\C(=O)N[C@@H]1C[C@H](C)[C@H](C/C=C(C)/C=C/[C@H]2O[C@H](CC(=O)CC3CC(N)C3)C[C@@]3(CO3)[C@@H]2O)O[C@@H]1C. The zero-order valence-electron chi connectivity index (χ0n) is 26.2. The second-order valence-electron chi connectivity index (χ2n) is 13.2. The summed E-state index contributed by atoms with van der Waals surface area (Å²) in [5.41, 5.74) is 6.27. The van der Waals surface area contributed by atoms with Crippen LogP contribution in [0.1, 0.15) is 79.6 Å². The Bertz CT molecular complexity index is 1090. The summed E-state index contributed by atoms with van der Waals surface area (Å²) in [6, 6.07) is 0.109. The van der Waals surface area contributed by atoms with E-state index >= 15 is 0 Å². The van der Waals surface area contributed by atoms with Gasteiger partial charge in [-0.3, -0.25) is 14.4 Å². The molecule has 1 amide bonds. The van der Waals surface area contributed by atoms with E-state index in [-0.39, 0.29) is 48.0 Å². The monoisotopic (exact) mass is 602 g/mol. The molecule has 0 aromatic heterocycles. The fraction of sp³-hybridized carbons (Fsp3) is 0.727. The molecule has 1 spiro atoms. The van der Waals surface area contributed by atoms with Crippen molar-refractivity contribution in [2.45, 2.75) is 134 Å². The number of ketones is 1. The molecule has 3 aliphatic heterocycles. The van der Waals surface area contributed by atoms with Gasteiger partial charge in [-0.05, 0) is 64.4 Å². The molecule has 4 N–H and O–H groups in total. The van der Waals surface area contributed by atoms with Gasteiger partial charge in [0.1, 0.15) is 29.7 Å². The molecule has 4 fully saturated rings. The Hall–Kier alpha value is -2.37. The molecule has 10 heteroatoms. The van der Waals surface area contributed by atoms with Crippen molar-refractivity contribution in [3.05, 3.63) is 36.0 Å². The van der Waals surface area contributed by atoms with Crippen molar-refractivity contribution in [2.24, 2.45) is 17.6 Å². The molecule has 9 atom stereocenters. The average molecular weight is 603 g/mol. The Balaban J connectivity index is 1.24. The molecule has 4 aliphatic rings. The average Bonchev–Trinajstić information content (AvgIpc) is 3.68. The van der Waals surface area contributed by atoms with Crippen LogP contribution in [0.3, 0.4) is 0 Å². The highest BCUT2D eigenvalue weighted by atomic mass is 16.6. The molecule has 240 valence electrons. The summed E-state index contributed by atoms with van der Waals surface area (Å²) in [6.45, 7) is 9.60. The summed E-state index contributed by atoms with van der Waals surface area (Å²) in [4.78, 5) is 36.1. The Morgan fingerprint density at radius 1 is 1.12 bits per heavy atom. The molecule has 0 bridgehead atoms. The van der Waals surface area contributed by atoms with Gasteiger partial charge in [0.2, 0.25) is 5.91 Å². The number of hydrogen-bond acceptors (Lipinski definition) is 9. The topological polar surface area (TPSA) is 150 Å². The molecular weight excluding hydrogens is 552 g/mol. The lowest BCUT2D eigenvalue weighted by Crippen LogP contribution is -2.50. The normalized spacial score (nSPS) is 38.6. The van der Waals surface area contributed by atoms with Gasteiger partial charge in [0.25, 0.3) is 0 Å². The number of epoxide rings is 1. The number of nitrogens with two attached hydrogens (primary N) is 1. The maximum absolute atomic E-state index is 12.6. The number of hydrogen-bond donors (Lipinski definition) is 3. The van der Waals surface area contributed by atoms with Crippen molar-refractivity contribution in [3.63, 3.8) is 0 Å². The van der Waals surface area contributed by atoms with Gasteiger partial charge >= 0.3 is 5.97 Å². The number of carbonyl (C=O) groups excluding carboxylic acids is 3. The first-order chi connectivity index (χ1) is 20.3. The summed E-state index contributed by atoms with van der Waals surface area (Å²) in [7, 11) is 0. The minimum absolute atomic E-state index is 0.00583. The van der Waals surface area contributed by atoms with Gasteiger partial charge in [-0.25, -0.2) is 0 Å². The van der Waals surface area contributed by atoms with Crippen molar-refractivity contribution in [3.8, 4) is 0 Å². The number of carbonyl (C=O) groups is 3. The number of esters is 1. The summed E-state index contributed by atoms with van der Waals surface area (Å²) < 4.78 is 23.2. The van der Waals surface area contributed by atoms with Crippen molar-refractivity contribution in [1.82, 2.24) is 5.32 Å². The van der Waals surface area contributed by atoms with Crippen LogP contribution in [0, 0.1) is 11.8 Å². The van der Waals surface area contributed by atoms with Crippen molar-refractivity contribution in [1.29, 1.82) is 0 Å². The van der Waals surface area contributed by atoms with Crippen molar-refractivity contribution >= 4 is 17.7 Å². The maximum atomic E-state index is 12.6. The third-order valence-electron chi connectivity index (χ3n) is 9.17. The van der Waals surface area contributed by atoms with Crippen molar-refractivity contribution < 1.29 is 38.4 Å². The third-order valence-corrected chi connectivity index (χ3v) is 9.17. The number of amides is 1. The molecule has 0 unspecified atom stereocenters. The van der Waals surface area contributed by atoms with Crippen molar-refractivity contribution in [2.75, 3.05) is 6.61 Å². The van der Waals surface area contributed by atoms with E-state index in [1.54, 1.807) is 13.0 Å². The summed E-state index contributed by atoms with van der Waals surface area (Å²) >= 11 is 0. The molecule has 4 rings (SSSR count). The molecule has 0 aromatic carbocycles. The first-order valence-electron chi connectivity index (χ1n) is 15.7. The highest BCUT2D eigenvalue weighted by molar-refractivity contribution is 5.87. The van der Waals surface area contributed by atoms with Gasteiger partial charge in [0, 0.05) is 38.3 Å². The van der Waals surface area contributed by atoms with E-state index < -0.39 is 29.9 Å². The first kappa shape index (κ1) is 33.5.